The maximum absolute atomic E-state index is 6.72. The molecule has 0 aliphatic carbocycles. The van der Waals surface area contributed by atoms with Gasteiger partial charge in [0.15, 0.2) is 17.5 Å². The Labute approximate surface area is 335 Å². The Kier molecular flexibility index (Phi) is 6.63. The van der Waals surface area contributed by atoms with E-state index in [9.17, 15) is 0 Å². The minimum atomic E-state index is 0.534. The fourth-order valence-electron chi connectivity index (χ4n) is 9.09. The predicted octanol–water partition coefficient (Wildman–Crippen LogP) is 14.5. The number of furan rings is 3. The molecule has 0 saturated carbocycles. The standard InChI is InChI=1S/C53H29N3O3/c1-2-14-30(15-3-1)33-22-12-23-38-45-39(24-13-27-44(45)59-48(33)38)51-54-52(40-28-31-16-4-6-18-34(31)49-46(40)36-20-8-10-25-42(36)57-49)56-53(55-51)41-29-32-17-5-7-19-35(32)50-47(41)37-21-9-11-26-43(37)58-50/h1-29H. The van der Waals surface area contributed by atoms with E-state index in [0.29, 0.717) is 17.5 Å². The van der Waals surface area contributed by atoms with Crippen LogP contribution < -0.4 is 0 Å². The largest absolute Gasteiger partial charge is 0.455 e. The van der Waals surface area contributed by atoms with Crippen LogP contribution in [0.4, 0.5) is 0 Å². The van der Waals surface area contributed by atoms with Gasteiger partial charge in [0.1, 0.15) is 33.5 Å². The molecule has 0 aliphatic heterocycles. The third-order valence-electron chi connectivity index (χ3n) is 11.7. The zero-order valence-corrected chi connectivity index (χ0v) is 31.3. The van der Waals surface area contributed by atoms with Crippen molar-refractivity contribution in [1.29, 1.82) is 0 Å². The Bertz CT molecular complexity index is 3690. The Morgan fingerprint density at radius 2 is 0.729 bits per heavy atom. The van der Waals surface area contributed by atoms with Crippen LogP contribution in [-0.2, 0) is 0 Å². The number of rotatable bonds is 4. The number of aromatic nitrogens is 3. The molecule has 0 aliphatic rings. The molecule has 0 bridgehead atoms. The molecule has 6 heteroatoms. The van der Waals surface area contributed by atoms with Crippen LogP contribution in [0.15, 0.2) is 189 Å². The zero-order chi connectivity index (χ0) is 38.6. The summed E-state index contributed by atoms with van der Waals surface area (Å²) in [6.07, 6.45) is 0. The van der Waals surface area contributed by atoms with Crippen LogP contribution in [0.3, 0.4) is 0 Å². The van der Waals surface area contributed by atoms with E-state index in [0.717, 1.165) is 115 Å². The summed E-state index contributed by atoms with van der Waals surface area (Å²) < 4.78 is 20.0. The maximum atomic E-state index is 6.72. The van der Waals surface area contributed by atoms with E-state index in [4.69, 9.17) is 28.2 Å². The van der Waals surface area contributed by atoms with E-state index in [1.807, 2.05) is 66.7 Å². The molecule has 59 heavy (non-hydrogen) atoms. The van der Waals surface area contributed by atoms with Crippen LogP contribution in [0.25, 0.3) is 133 Å². The van der Waals surface area contributed by atoms with Gasteiger partial charge < -0.3 is 13.3 Å². The molecule has 0 fully saturated rings. The first-order valence-corrected chi connectivity index (χ1v) is 19.7. The summed E-state index contributed by atoms with van der Waals surface area (Å²) in [5.74, 6) is 1.61. The molecule has 13 aromatic rings. The molecule has 0 unspecified atom stereocenters. The average molecular weight is 756 g/mol. The molecule has 0 radical (unpaired) electrons. The summed E-state index contributed by atoms with van der Waals surface area (Å²) in [6.45, 7) is 0. The fraction of sp³-hybridized carbons (Fsp3) is 0. The van der Waals surface area contributed by atoms with Crippen molar-refractivity contribution in [3.8, 4) is 45.3 Å². The Balaban J connectivity index is 1.17. The zero-order valence-electron chi connectivity index (χ0n) is 31.3. The van der Waals surface area contributed by atoms with Crippen molar-refractivity contribution in [3.63, 3.8) is 0 Å². The molecule has 0 amide bonds. The van der Waals surface area contributed by atoms with Gasteiger partial charge in [0.05, 0.1) is 0 Å². The Morgan fingerprint density at radius 3 is 1.34 bits per heavy atom. The van der Waals surface area contributed by atoms with Crippen LogP contribution in [-0.4, -0.2) is 15.0 Å². The highest BCUT2D eigenvalue weighted by Crippen LogP contribution is 2.45. The van der Waals surface area contributed by atoms with Gasteiger partial charge >= 0.3 is 0 Å². The van der Waals surface area contributed by atoms with Gasteiger partial charge in [0.2, 0.25) is 0 Å². The van der Waals surface area contributed by atoms with Crippen LogP contribution in [0, 0.1) is 0 Å². The van der Waals surface area contributed by atoms with Gasteiger partial charge in [-0.3, -0.25) is 0 Å². The summed E-state index contributed by atoms with van der Waals surface area (Å²) in [6, 6.07) is 60.2. The number of hydrogen-bond acceptors (Lipinski definition) is 6. The first kappa shape index (κ1) is 32.0. The lowest BCUT2D eigenvalue weighted by Crippen LogP contribution is -2.01. The molecule has 0 spiro atoms. The summed E-state index contributed by atoms with van der Waals surface area (Å²) in [5.41, 5.74) is 9.46. The van der Waals surface area contributed by atoms with Gasteiger partial charge in [0, 0.05) is 65.3 Å². The number of benzene rings is 9. The van der Waals surface area contributed by atoms with Crippen LogP contribution >= 0.6 is 0 Å². The van der Waals surface area contributed by atoms with E-state index in [1.165, 1.54) is 0 Å². The second-order valence-corrected chi connectivity index (χ2v) is 15.0. The topological polar surface area (TPSA) is 78.1 Å². The van der Waals surface area contributed by atoms with E-state index in [1.54, 1.807) is 0 Å². The van der Waals surface area contributed by atoms with Crippen molar-refractivity contribution in [1.82, 2.24) is 15.0 Å². The van der Waals surface area contributed by atoms with E-state index in [-0.39, 0.29) is 0 Å². The average Bonchev–Trinajstić information content (AvgIpc) is 4.01. The highest BCUT2D eigenvalue weighted by Gasteiger charge is 2.25. The van der Waals surface area contributed by atoms with Gasteiger partial charge in [-0.05, 0) is 46.7 Å². The fourth-order valence-corrected chi connectivity index (χ4v) is 9.09. The monoisotopic (exact) mass is 755 g/mol. The van der Waals surface area contributed by atoms with Crippen LogP contribution in [0.2, 0.25) is 0 Å². The third kappa shape index (κ3) is 4.71. The molecule has 4 aromatic heterocycles. The SMILES string of the molecule is c1ccc(-c2cccc3c2oc2cccc(-c4nc(-c5cc6ccccc6c6oc7ccccc7c56)nc(-c5cc6ccccc6c6oc7ccccc7c56)n4)c23)cc1. The smallest absolute Gasteiger partial charge is 0.164 e. The molecule has 274 valence electrons. The molecule has 4 heterocycles. The van der Waals surface area contributed by atoms with Gasteiger partial charge in [-0.2, -0.15) is 0 Å². The highest BCUT2D eigenvalue weighted by molar-refractivity contribution is 6.23. The molecule has 9 aromatic carbocycles. The Morgan fingerprint density at radius 1 is 0.288 bits per heavy atom. The summed E-state index contributed by atoms with van der Waals surface area (Å²) in [7, 11) is 0. The van der Waals surface area contributed by atoms with E-state index < -0.39 is 0 Å². The second-order valence-electron chi connectivity index (χ2n) is 15.0. The van der Waals surface area contributed by atoms with Crippen molar-refractivity contribution in [3.05, 3.63) is 176 Å². The molecular weight excluding hydrogens is 727 g/mol. The first-order valence-electron chi connectivity index (χ1n) is 19.7. The van der Waals surface area contributed by atoms with Crippen molar-refractivity contribution < 1.29 is 13.3 Å². The minimum Gasteiger partial charge on any atom is -0.455 e. The van der Waals surface area contributed by atoms with Gasteiger partial charge in [-0.15, -0.1) is 0 Å². The van der Waals surface area contributed by atoms with Crippen molar-refractivity contribution in [2.75, 3.05) is 0 Å². The second kappa shape index (κ2) is 12.2. The molecule has 0 saturated heterocycles. The molecule has 0 N–H and O–H groups in total. The lowest BCUT2D eigenvalue weighted by molar-refractivity contribution is 0.670. The lowest BCUT2D eigenvalue weighted by Gasteiger charge is -2.12. The van der Waals surface area contributed by atoms with E-state index >= 15 is 0 Å². The number of hydrogen-bond donors (Lipinski definition) is 0. The lowest BCUT2D eigenvalue weighted by atomic mass is 9.98. The van der Waals surface area contributed by atoms with Crippen LogP contribution in [0.1, 0.15) is 0 Å². The normalized spacial score (nSPS) is 12.1. The maximum Gasteiger partial charge on any atom is 0.164 e. The summed E-state index contributed by atoms with van der Waals surface area (Å²) >= 11 is 0. The predicted molar refractivity (Wildman–Crippen MR) is 238 cm³/mol. The quantitative estimate of drug-likeness (QED) is 0.178. The Hall–Kier alpha value is -8.09. The molecular formula is C53H29N3O3. The molecule has 13 rings (SSSR count). The highest BCUT2D eigenvalue weighted by atomic mass is 16.3. The number of para-hydroxylation sites is 3. The third-order valence-corrected chi connectivity index (χ3v) is 11.7. The summed E-state index contributed by atoms with van der Waals surface area (Å²) in [5, 5.41) is 9.96. The minimum absolute atomic E-state index is 0.534. The van der Waals surface area contributed by atoms with Gasteiger partial charge in [-0.1, -0.05) is 146 Å². The van der Waals surface area contributed by atoms with Gasteiger partial charge in [-0.25, -0.2) is 15.0 Å². The number of nitrogens with zero attached hydrogens (tertiary/aromatic N) is 3. The van der Waals surface area contributed by atoms with Crippen LogP contribution in [0.5, 0.6) is 0 Å². The van der Waals surface area contributed by atoms with Crippen molar-refractivity contribution in [2.45, 2.75) is 0 Å². The summed E-state index contributed by atoms with van der Waals surface area (Å²) in [4.78, 5) is 16.3. The number of fused-ring (bicyclic) bond motifs is 13. The van der Waals surface area contributed by atoms with Crippen molar-refractivity contribution in [2.24, 2.45) is 0 Å². The first-order chi connectivity index (χ1) is 29.2. The molecule has 6 nitrogen and oxygen atoms in total. The van der Waals surface area contributed by atoms with E-state index in [2.05, 4.69) is 109 Å². The molecule has 0 atom stereocenters. The van der Waals surface area contributed by atoms with Gasteiger partial charge in [0.25, 0.3) is 0 Å². The van der Waals surface area contributed by atoms with Crippen molar-refractivity contribution >= 4 is 87.4 Å².